The molecular formula is C22H27ClN2O4. The van der Waals surface area contributed by atoms with E-state index in [4.69, 9.17) is 21.1 Å². The number of halogens is 1. The number of pyridine rings is 1. The van der Waals surface area contributed by atoms with Gasteiger partial charge in [-0.15, -0.1) is 0 Å². The summed E-state index contributed by atoms with van der Waals surface area (Å²) in [4.78, 5) is 31.4. The number of fused-ring (bicyclic) bond motifs is 1. The van der Waals surface area contributed by atoms with Gasteiger partial charge in [0.1, 0.15) is 5.60 Å². The number of hydrogen-bond acceptors (Lipinski definition) is 5. The fourth-order valence-corrected chi connectivity index (χ4v) is 3.94. The topological polar surface area (TPSA) is 68.7 Å². The van der Waals surface area contributed by atoms with Gasteiger partial charge in [0.15, 0.2) is 0 Å². The van der Waals surface area contributed by atoms with Crippen molar-refractivity contribution in [2.45, 2.75) is 45.6 Å². The number of carbonyl (C=O) groups is 2. The lowest BCUT2D eigenvalue weighted by molar-refractivity contribution is -0.150. The Kier molecular flexibility index (Phi) is 6.32. The van der Waals surface area contributed by atoms with Crippen LogP contribution in [0, 0.1) is 5.92 Å². The highest BCUT2D eigenvalue weighted by atomic mass is 35.5. The third kappa shape index (κ3) is 4.99. The molecule has 2 atom stereocenters. The minimum atomic E-state index is -0.589. The molecule has 0 unspecified atom stereocenters. The Morgan fingerprint density at radius 2 is 2.03 bits per heavy atom. The predicted molar refractivity (Wildman–Crippen MR) is 112 cm³/mol. The molecule has 1 amide bonds. The van der Waals surface area contributed by atoms with Gasteiger partial charge in [0.25, 0.3) is 0 Å². The van der Waals surface area contributed by atoms with E-state index in [1.165, 1.54) is 0 Å². The first-order chi connectivity index (χ1) is 13.7. The summed E-state index contributed by atoms with van der Waals surface area (Å²) in [5.74, 6) is -0.860. The zero-order valence-corrected chi connectivity index (χ0v) is 18.0. The van der Waals surface area contributed by atoms with E-state index in [1.54, 1.807) is 18.0 Å². The SMILES string of the molecule is CCOC(=O)[C@H]1CN(C(=O)OC(C)(C)C)CC[C@H]1c1ccnc2cc(Cl)ccc12. The molecular weight excluding hydrogens is 392 g/mol. The van der Waals surface area contributed by atoms with Crippen LogP contribution in [0.5, 0.6) is 0 Å². The van der Waals surface area contributed by atoms with Gasteiger partial charge < -0.3 is 14.4 Å². The lowest BCUT2D eigenvalue weighted by Crippen LogP contribution is -2.47. The number of amides is 1. The van der Waals surface area contributed by atoms with Crippen molar-refractivity contribution in [2.75, 3.05) is 19.7 Å². The highest BCUT2D eigenvalue weighted by molar-refractivity contribution is 6.31. The average Bonchev–Trinajstić information content (AvgIpc) is 2.65. The largest absolute Gasteiger partial charge is 0.466 e. The van der Waals surface area contributed by atoms with Crippen molar-refractivity contribution in [1.82, 2.24) is 9.88 Å². The first kappa shape index (κ1) is 21.4. The van der Waals surface area contributed by atoms with E-state index in [-0.39, 0.29) is 18.4 Å². The molecule has 6 nitrogen and oxygen atoms in total. The second kappa shape index (κ2) is 8.57. The fraction of sp³-hybridized carbons (Fsp3) is 0.500. The lowest BCUT2D eigenvalue weighted by atomic mass is 9.79. The first-order valence-corrected chi connectivity index (χ1v) is 10.3. The molecule has 2 aromatic rings. The molecule has 29 heavy (non-hydrogen) atoms. The van der Waals surface area contributed by atoms with Crippen molar-refractivity contribution in [1.29, 1.82) is 0 Å². The van der Waals surface area contributed by atoms with Crippen molar-refractivity contribution in [2.24, 2.45) is 5.92 Å². The second-order valence-electron chi connectivity index (χ2n) is 8.24. The molecule has 3 rings (SSSR count). The van der Waals surface area contributed by atoms with Gasteiger partial charge in [0, 0.05) is 35.6 Å². The molecule has 1 aromatic carbocycles. The van der Waals surface area contributed by atoms with Crippen LogP contribution in [0.25, 0.3) is 10.9 Å². The molecule has 0 radical (unpaired) electrons. The molecule has 1 aliphatic rings. The van der Waals surface area contributed by atoms with Gasteiger partial charge in [0.05, 0.1) is 18.0 Å². The van der Waals surface area contributed by atoms with Gasteiger partial charge in [-0.2, -0.15) is 0 Å². The Hall–Kier alpha value is -2.34. The monoisotopic (exact) mass is 418 g/mol. The molecule has 0 saturated carbocycles. The van der Waals surface area contributed by atoms with Crippen molar-refractivity contribution >= 4 is 34.6 Å². The number of likely N-dealkylation sites (tertiary alicyclic amines) is 1. The molecule has 1 aromatic heterocycles. The summed E-state index contributed by atoms with van der Waals surface area (Å²) in [5, 5.41) is 1.57. The van der Waals surface area contributed by atoms with E-state index in [0.29, 0.717) is 24.6 Å². The van der Waals surface area contributed by atoms with Crippen LogP contribution in [0.4, 0.5) is 4.79 Å². The maximum absolute atomic E-state index is 12.8. The number of piperidine rings is 1. The summed E-state index contributed by atoms with van der Waals surface area (Å²) < 4.78 is 10.8. The maximum atomic E-state index is 12.8. The van der Waals surface area contributed by atoms with Crippen LogP contribution in [0.1, 0.15) is 45.6 Å². The Morgan fingerprint density at radius 3 is 2.72 bits per heavy atom. The van der Waals surface area contributed by atoms with Crippen LogP contribution in [-0.4, -0.2) is 47.2 Å². The van der Waals surface area contributed by atoms with Crippen LogP contribution in [-0.2, 0) is 14.3 Å². The third-order valence-corrected chi connectivity index (χ3v) is 5.23. The molecule has 0 bridgehead atoms. The molecule has 0 spiro atoms. The molecule has 0 N–H and O–H groups in total. The van der Waals surface area contributed by atoms with Crippen LogP contribution in [0.2, 0.25) is 5.02 Å². The van der Waals surface area contributed by atoms with Crippen molar-refractivity contribution in [3.63, 3.8) is 0 Å². The Morgan fingerprint density at radius 1 is 1.28 bits per heavy atom. The third-order valence-electron chi connectivity index (χ3n) is 4.99. The Balaban J connectivity index is 1.93. The minimum Gasteiger partial charge on any atom is -0.466 e. The normalized spacial score (nSPS) is 19.8. The van der Waals surface area contributed by atoms with Crippen LogP contribution in [0.3, 0.4) is 0 Å². The van der Waals surface area contributed by atoms with E-state index in [1.807, 2.05) is 45.0 Å². The molecule has 0 aliphatic carbocycles. The van der Waals surface area contributed by atoms with E-state index < -0.39 is 17.6 Å². The summed E-state index contributed by atoms with van der Waals surface area (Å²) in [6.07, 6.45) is 1.96. The zero-order chi connectivity index (χ0) is 21.2. The summed E-state index contributed by atoms with van der Waals surface area (Å²) >= 11 is 6.11. The van der Waals surface area contributed by atoms with E-state index in [9.17, 15) is 9.59 Å². The smallest absolute Gasteiger partial charge is 0.410 e. The van der Waals surface area contributed by atoms with Crippen molar-refractivity contribution < 1.29 is 19.1 Å². The lowest BCUT2D eigenvalue weighted by Gasteiger charge is -2.38. The number of nitrogens with zero attached hydrogens (tertiary/aromatic N) is 2. The average molecular weight is 419 g/mol. The Labute approximate surface area is 176 Å². The van der Waals surface area contributed by atoms with E-state index in [2.05, 4.69) is 4.98 Å². The standard InChI is InChI=1S/C22H27ClN2O4/c1-5-28-20(26)18-13-25(21(27)29-22(2,3)4)11-9-16(18)15-8-10-24-19-12-14(23)6-7-17(15)19/h6-8,10,12,16,18H,5,9,11,13H2,1-4H3/t16-,18-/m0/s1. The molecule has 156 valence electrons. The van der Waals surface area contributed by atoms with Crippen LogP contribution < -0.4 is 0 Å². The quantitative estimate of drug-likeness (QED) is 0.670. The van der Waals surface area contributed by atoms with Gasteiger partial charge in [-0.3, -0.25) is 9.78 Å². The molecule has 1 aliphatic heterocycles. The fourth-order valence-electron chi connectivity index (χ4n) is 3.77. The zero-order valence-electron chi connectivity index (χ0n) is 17.3. The highest BCUT2D eigenvalue weighted by Crippen LogP contribution is 2.38. The number of ether oxygens (including phenoxy) is 2. The summed E-state index contributed by atoms with van der Waals surface area (Å²) in [6, 6.07) is 7.51. The maximum Gasteiger partial charge on any atom is 0.410 e. The number of carbonyl (C=O) groups excluding carboxylic acids is 2. The van der Waals surface area contributed by atoms with Crippen molar-refractivity contribution in [3.8, 4) is 0 Å². The number of esters is 1. The van der Waals surface area contributed by atoms with Gasteiger partial charge in [-0.25, -0.2) is 4.79 Å². The van der Waals surface area contributed by atoms with Gasteiger partial charge >= 0.3 is 12.1 Å². The summed E-state index contributed by atoms with van der Waals surface area (Å²) in [5.41, 5.74) is 1.22. The van der Waals surface area contributed by atoms with E-state index >= 15 is 0 Å². The van der Waals surface area contributed by atoms with Crippen LogP contribution in [0.15, 0.2) is 30.5 Å². The number of rotatable bonds is 3. The summed E-state index contributed by atoms with van der Waals surface area (Å²) in [7, 11) is 0. The molecule has 2 heterocycles. The van der Waals surface area contributed by atoms with Gasteiger partial charge in [-0.1, -0.05) is 17.7 Å². The van der Waals surface area contributed by atoms with Crippen molar-refractivity contribution in [3.05, 3.63) is 41.0 Å². The first-order valence-electron chi connectivity index (χ1n) is 9.88. The predicted octanol–water partition coefficient (Wildman–Crippen LogP) is 4.79. The number of aromatic nitrogens is 1. The second-order valence-corrected chi connectivity index (χ2v) is 8.68. The number of hydrogen-bond donors (Lipinski definition) is 0. The Bertz CT molecular complexity index is 909. The molecule has 1 fully saturated rings. The number of benzene rings is 1. The van der Waals surface area contributed by atoms with E-state index in [0.717, 1.165) is 16.5 Å². The van der Waals surface area contributed by atoms with Gasteiger partial charge in [-0.05, 0) is 57.9 Å². The van der Waals surface area contributed by atoms with Crippen LogP contribution >= 0.6 is 11.6 Å². The molecule has 7 heteroatoms. The highest BCUT2D eigenvalue weighted by Gasteiger charge is 2.39. The summed E-state index contributed by atoms with van der Waals surface area (Å²) in [6.45, 7) is 8.33. The van der Waals surface area contributed by atoms with Gasteiger partial charge in [0.2, 0.25) is 0 Å². The molecule has 1 saturated heterocycles. The minimum absolute atomic E-state index is 0.0839.